The van der Waals surface area contributed by atoms with E-state index in [0.717, 1.165) is 16.6 Å². The van der Waals surface area contributed by atoms with Crippen molar-refractivity contribution in [2.75, 3.05) is 0 Å². The van der Waals surface area contributed by atoms with Crippen molar-refractivity contribution >= 4 is 21.8 Å². The van der Waals surface area contributed by atoms with E-state index < -0.39 is 5.91 Å². The van der Waals surface area contributed by atoms with Crippen LogP contribution in [0, 0.1) is 0 Å². The van der Waals surface area contributed by atoms with Gasteiger partial charge < -0.3 is 11.1 Å². The van der Waals surface area contributed by atoms with Crippen LogP contribution in [0.25, 0.3) is 0 Å². The number of hydrogen-bond donors (Lipinski definition) is 2. The Labute approximate surface area is 121 Å². The molecular weight excluding hydrogens is 304 g/mol. The minimum atomic E-state index is -0.390. The fourth-order valence-corrected chi connectivity index (χ4v) is 2.31. The minimum Gasteiger partial charge on any atom is -0.366 e. The number of benzene rings is 2. The number of halogens is 1. The summed E-state index contributed by atoms with van der Waals surface area (Å²) in [5, 5.41) is 3.32. The van der Waals surface area contributed by atoms with Crippen molar-refractivity contribution in [2.24, 2.45) is 5.73 Å². The van der Waals surface area contributed by atoms with Crippen LogP contribution in [0.15, 0.2) is 53.0 Å². The van der Waals surface area contributed by atoms with Gasteiger partial charge in [0, 0.05) is 23.1 Å². The fraction of sp³-hybridized carbons (Fsp3) is 0.133. The summed E-state index contributed by atoms with van der Waals surface area (Å²) in [4.78, 5) is 11.3. The van der Waals surface area contributed by atoms with Crippen LogP contribution in [-0.2, 0) is 13.1 Å². The van der Waals surface area contributed by atoms with E-state index in [2.05, 4.69) is 27.3 Å². The highest BCUT2D eigenvalue weighted by Crippen LogP contribution is 2.15. The van der Waals surface area contributed by atoms with Gasteiger partial charge in [0.25, 0.3) is 0 Å². The van der Waals surface area contributed by atoms with Crippen LogP contribution in [0.5, 0.6) is 0 Å². The monoisotopic (exact) mass is 318 g/mol. The zero-order chi connectivity index (χ0) is 13.7. The molecule has 0 aromatic heterocycles. The molecule has 2 aromatic rings. The van der Waals surface area contributed by atoms with Crippen molar-refractivity contribution in [2.45, 2.75) is 13.1 Å². The lowest BCUT2D eigenvalue weighted by Gasteiger charge is -2.09. The van der Waals surface area contributed by atoms with Crippen molar-refractivity contribution < 1.29 is 4.79 Å². The van der Waals surface area contributed by atoms with Gasteiger partial charge in [-0.05, 0) is 23.3 Å². The lowest BCUT2D eigenvalue weighted by molar-refractivity contribution is 0.0999. The van der Waals surface area contributed by atoms with Crippen molar-refractivity contribution in [3.63, 3.8) is 0 Å². The Morgan fingerprint density at radius 1 is 1.00 bits per heavy atom. The summed E-state index contributed by atoms with van der Waals surface area (Å²) in [6.45, 7) is 1.34. The smallest absolute Gasteiger partial charge is 0.249 e. The van der Waals surface area contributed by atoms with E-state index in [1.807, 2.05) is 36.4 Å². The lowest BCUT2D eigenvalue weighted by Crippen LogP contribution is -2.18. The molecule has 0 bridgehead atoms. The van der Waals surface area contributed by atoms with Crippen molar-refractivity contribution in [1.29, 1.82) is 0 Å². The first kappa shape index (κ1) is 13.8. The van der Waals surface area contributed by atoms with Gasteiger partial charge in [-0.15, -0.1) is 0 Å². The van der Waals surface area contributed by atoms with E-state index >= 15 is 0 Å². The van der Waals surface area contributed by atoms with E-state index in [1.54, 1.807) is 6.07 Å². The normalized spacial score (nSPS) is 10.4. The van der Waals surface area contributed by atoms with Crippen molar-refractivity contribution in [3.05, 3.63) is 69.7 Å². The number of rotatable bonds is 5. The van der Waals surface area contributed by atoms with Gasteiger partial charge >= 0.3 is 0 Å². The van der Waals surface area contributed by atoms with Gasteiger partial charge in [0.1, 0.15) is 0 Å². The highest BCUT2D eigenvalue weighted by atomic mass is 79.9. The summed E-state index contributed by atoms with van der Waals surface area (Å²) in [6.07, 6.45) is 0. The highest BCUT2D eigenvalue weighted by Gasteiger charge is 2.06. The largest absolute Gasteiger partial charge is 0.366 e. The summed E-state index contributed by atoms with van der Waals surface area (Å²) in [5.41, 5.74) is 8.02. The molecule has 19 heavy (non-hydrogen) atoms. The Morgan fingerprint density at radius 2 is 1.58 bits per heavy atom. The van der Waals surface area contributed by atoms with Gasteiger partial charge in [-0.3, -0.25) is 4.79 Å². The van der Waals surface area contributed by atoms with Gasteiger partial charge in [-0.25, -0.2) is 0 Å². The molecule has 0 aliphatic rings. The lowest BCUT2D eigenvalue weighted by atomic mass is 10.1. The molecule has 0 saturated heterocycles. The number of nitrogens with one attached hydrogen (secondary N) is 1. The third kappa shape index (κ3) is 3.66. The van der Waals surface area contributed by atoms with Crippen LogP contribution >= 0.6 is 15.9 Å². The predicted octanol–water partition coefficient (Wildman–Crippen LogP) is 2.84. The molecule has 0 radical (unpaired) electrons. The molecule has 0 aliphatic heterocycles. The topological polar surface area (TPSA) is 55.1 Å². The average molecular weight is 319 g/mol. The van der Waals surface area contributed by atoms with Gasteiger partial charge in [0.2, 0.25) is 5.91 Å². The molecule has 0 fully saturated rings. The van der Waals surface area contributed by atoms with Crippen LogP contribution < -0.4 is 11.1 Å². The van der Waals surface area contributed by atoms with Gasteiger partial charge in [-0.2, -0.15) is 0 Å². The molecule has 3 nitrogen and oxygen atoms in total. The van der Waals surface area contributed by atoms with Crippen LogP contribution in [0.2, 0.25) is 0 Å². The number of carbonyl (C=O) groups is 1. The second-order valence-corrected chi connectivity index (χ2v) is 5.07. The zero-order valence-electron chi connectivity index (χ0n) is 10.4. The zero-order valence-corrected chi connectivity index (χ0v) is 12.0. The Balaban J connectivity index is 2.00. The standard InChI is InChI=1S/C15H15BrN2O/c16-14-8-4-2-6-12(14)10-18-9-11-5-1-3-7-13(11)15(17)19/h1-8,18H,9-10H2,(H2,17,19). The average Bonchev–Trinajstić information content (AvgIpc) is 2.41. The third-order valence-corrected chi connectivity index (χ3v) is 3.65. The van der Waals surface area contributed by atoms with Crippen molar-refractivity contribution in [1.82, 2.24) is 5.32 Å². The number of amides is 1. The van der Waals surface area contributed by atoms with Crippen LogP contribution in [-0.4, -0.2) is 5.91 Å². The first-order valence-electron chi connectivity index (χ1n) is 6.00. The van der Waals surface area contributed by atoms with E-state index in [-0.39, 0.29) is 0 Å². The first-order valence-corrected chi connectivity index (χ1v) is 6.79. The first-order chi connectivity index (χ1) is 9.18. The Morgan fingerprint density at radius 3 is 2.26 bits per heavy atom. The molecule has 0 atom stereocenters. The van der Waals surface area contributed by atoms with Gasteiger partial charge in [-0.1, -0.05) is 52.3 Å². The molecule has 98 valence electrons. The fourth-order valence-electron chi connectivity index (χ4n) is 1.89. The summed E-state index contributed by atoms with van der Waals surface area (Å²) in [5.74, 6) is -0.390. The van der Waals surface area contributed by atoms with Crippen LogP contribution in [0.1, 0.15) is 21.5 Å². The predicted molar refractivity (Wildman–Crippen MR) is 79.6 cm³/mol. The second-order valence-electron chi connectivity index (χ2n) is 4.22. The molecule has 0 unspecified atom stereocenters. The molecule has 0 heterocycles. The quantitative estimate of drug-likeness (QED) is 0.890. The maximum Gasteiger partial charge on any atom is 0.249 e. The Bertz CT molecular complexity index is 584. The molecule has 2 rings (SSSR count). The van der Waals surface area contributed by atoms with Gasteiger partial charge in [0.05, 0.1) is 0 Å². The summed E-state index contributed by atoms with van der Waals surface area (Å²) >= 11 is 3.51. The minimum absolute atomic E-state index is 0.390. The molecule has 4 heteroatoms. The van der Waals surface area contributed by atoms with E-state index in [4.69, 9.17) is 5.73 Å². The molecule has 0 spiro atoms. The summed E-state index contributed by atoms with van der Waals surface area (Å²) in [6, 6.07) is 15.4. The van der Waals surface area contributed by atoms with Crippen LogP contribution in [0.4, 0.5) is 0 Å². The summed E-state index contributed by atoms with van der Waals surface area (Å²) in [7, 11) is 0. The molecule has 0 saturated carbocycles. The Kier molecular flexibility index (Phi) is 4.71. The number of nitrogens with two attached hydrogens (primary N) is 1. The van der Waals surface area contributed by atoms with Crippen LogP contribution in [0.3, 0.4) is 0 Å². The van der Waals surface area contributed by atoms with Gasteiger partial charge in [0.15, 0.2) is 0 Å². The van der Waals surface area contributed by atoms with Crippen molar-refractivity contribution in [3.8, 4) is 0 Å². The SMILES string of the molecule is NC(=O)c1ccccc1CNCc1ccccc1Br. The highest BCUT2D eigenvalue weighted by molar-refractivity contribution is 9.10. The molecule has 0 aliphatic carbocycles. The number of primary amides is 1. The number of hydrogen-bond acceptors (Lipinski definition) is 2. The summed E-state index contributed by atoms with van der Waals surface area (Å²) < 4.78 is 1.07. The maximum atomic E-state index is 11.3. The van der Waals surface area contributed by atoms with E-state index in [1.165, 1.54) is 5.56 Å². The molecule has 3 N–H and O–H groups in total. The second kappa shape index (κ2) is 6.50. The molecule has 2 aromatic carbocycles. The number of carbonyl (C=O) groups excluding carboxylic acids is 1. The third-order valence-electron chi connectivity index (χ3n) is 2.87. The van der Waals surface area contributed by atoms with E-state index in [9.17, 15) is 4.79 Å². The van der Waals surface area contributed by atoms with E-state index in [0.29, 0.717) is 12.1 Å². The maximum absolute atomic E-state index is 11.3. The Hall–Kier alpha value is -1.65. The molecular formula is C15H15BrN2O. The molecule has 1 amide bonds.